The Labute approximate surface area is 156 Å². The van der Waals surface area contributed by atoms with E-state index < -0.39 is 23.7 Å². The van der Waals surface area contributed by atoms with E-state index in [0.717, 1.165) is 16.7 Å². The fourth-order valence-corrected chi connectivity index (χ4v) is 3.11. The quantitative estimate of drug-likeness (QED) is 0.532. The van der Waals surface area contributed by atoms with Crippen LogP contribution in [0.4, 0.5) is 4.79 Å². The number of benzene rings is 1. The molecular formula is C18H21NO6S. The zero-order chi connectivity index (χ0) is 19.3. The third kappa shape index (κ3) is 4.37. The van der Waals surface area contributed by atoms with Gasteiger partial charge in [0.15, 0.2) is 11.5 Å². The molecule has 8 heteroatoms. The highest BCUT2D eigenvalue weighted by molar-refractivity contribution is 8.18. The van der Waals surface area contributed by atoms with Crippen LogP contribution in [-0.2, 0) is 14.3 Å². The lowest BCUT2D eigenvalue weighted by Gasteiger charge is -2.15. The second-order valence-electron chi connectivity index (χ2n) is 5.56. The van der Waals surface area contributed by atoms with Gasteiger partial charge in [0.2, 0.25) is 0 Å². The predicted molar refractivity (Wildman–Crippen MR) is 98.1 cm³/mol. The van der Waals surface area contributed by atoms with Gasteiger partial charge in [-0.1, -0.05) is 19.1 Å². The highest BCUT2D eigenvalue weighted by Crippen LogP contribution is 2.37. The summed E-state index contributed by atoms with van der Waals surface area (Å²) in [5.41, 5.74) is 0.597. The van der Waals surface area contributed by atoms with E-state index in [-0.39, 0.29) is 11.0 Å². The minimum absolute atomic E-state index is 0.206. The number of amides is 2. The molecule has 1 atom stereocenters. The van der Waals surface area contributed by atoms with Crippen molar-refractivity contribution in [2.75, 3.05) is 20.8 Å². The number of ether oxygens (including phenoxy) is 3. The molecule has 1 fully saturated rings. The summed E-state index contributed by atoms with van der Waals surface area (Å²) in [4.78, 5) is 37.6. The van der Waals surface area contributed by atoms with E-state index in [9.17, 15) is 14.4 Å². The lowest BCUT2D eigenvalue weighted by atomic mass is 10.1. The number of hydrogen-bond donors (Lipinski definition) is 0. The predicted octanol–water partition coefficient (Wildman–Crippen LogP) is 3.08. The van der Waals surface area contributed by atoms with E-state index in [0.29, 0.717) is 23.5 Å². The average molecular weight is 379 g/mol. The largest absolute Gasteiger partial charge is 0.493 e. The first-order chi connectivity index (χ1) is 12.4. The summed E-state index contributed by atoms with van der Waals surface area (Å²) in [7, 11) is 3.00. The summed E-state index contributed by atoms with van der Waals surface area (Å²) in [6, 6.07) is 5.22. The normalized spacial score (nSPS) is 16.8. The number of carbonyl (C=O) groups is 3. The Kier molecular flexibility index (Phi) is 6.68. The molecule has 1 aromatic rings. The molecule has 7 nitrogen and oxygen atoms in total. The van der Waals surface area contributed by atoms with E-state index in [2.05, 4.69) is 0 Å². The van der Waals surface area contributed by atoms with E-state index in [1.54, 1.807) is 31.2 Å². The maximum Gasteiger partial charge on any atom is 0.326 e. The van der Waals surface area contributed by atoms with Gasteiger partial charge in [0.1, 0.15) is 6.54 Å². The number of esters is 1. The van der Waals surface area contributed by atoms with Crippen molar-refractivity contribution in [1.82, 2.24) is 4.90 Å². The fraction of sp³-hybridized carbons (Fsp3) is 0.389. The van der Waals surface area contributed by atoms with E-state index in [1.807, 2.05) is 6.92 Å². The summed E-state index contributed by atoms with van der Waals surface area (Å²) >= 11 is 0.770. The first-order valence-electron chi connectivity index (χ1n) is 8.07. The minimum Gasteiger partial charge on any atom is -0.493 e. The van der Waals surface area contributed by atoms with Gasteiger partial charge in [-0.2, -0.15) is 0 Å². The van der Waals surface area contributed by atoms with Gasteiger partial charge in [0.25, 0.3) is 11.1 Å². The molecule has 1 saturated heterocycles. The Morgan fingerprint density at radius 1 is 1.27 bits per heavy atom. The maximum absolute atomic E-state index is 12.5. The van der Waals surface area contributed by atoms with Crippen LogP contribution in [0.2, 0.25) is 0 Å². The van der Waals surface area contributed by atoms with Gasteiger partial charge in [0, 0.05) is 5.56 Å². The standard InChI is InChI=1S/C18H21NO6S/c1-5-11(2)25-15(20)10-19-17(21)14(26-18(19)22)9-12-7-6-8-13(23-3)16(12)24-4/h6-9,11H,5,10H2,1-4H3/b14-9+/t11-/m1/s1. The molecule has 140 valence electrons. The highest BCUT2D eigenvalue weighted by Gasteiger charge is 2.37. The minimum atomic E-state index is -0.609. The van der Waals surface area contributed by atoms with Gasteiger partial charge in [-0.15, -0.1) is 0 Å². The Morgan fingerprint density at radius 2 is 2.00 bits per heavy atom. The van der Waals surface area contributed by atoms with Crippen molar-refractivity contribution in [2.45, 2.75) is 26.4 Å². The van der Waals surface area contributed by atoms with Gasteiger partial charge in [-0.05, 0) is 37.2 Å². The lowest BCUT2D eigenvalue weighted by molar-refractivity contribution is -0.150. The summed E-state index contributed by atoms with van der Waals surface area (Å²) in [5, 5.41) is -0.510. The molecule has 1 aromatic carbocycles. The van der Waals surface area contributed by atoms with Gasteiger partial charge < -0.3 is 14.2 Å². The van der Waals surface area contributed by atoms with Crippen molar-refractivity contribution in [2.24, 2.45) is 0 Å². The molecule has 1 aliphatic rings. The van der Waals surface area contributed by atoms with Crippen molar-refractivity contribution in [3.63, 3.8) is 0 Å². The first-order valence-corrected chi connectivity index (χ1v) is 8.88. The number of hydrogen-bond acceptors (Lipinski definition) is 7. The van der Waals surface area contributed by atoms with Crippen molar-refractivity contribution >= 4 is 35.0 Å². The van der Waals surface area contributed by atoms with Crippen molar-refractivity contribution in [3.8, 4) is 11.5 Å². The Bertz CT molecular complexity index is 745. The zero-order valence-electron chi connectivity index (χ0n) is 15.1. The van der Waals surface area contributed by atoms with Gasteiger partial charge in [-0.3, -0.25) is 19.3 Å². The van der Waals surface area contributed by atoms with Crippen LogP contribution in [0.5, 0.6) is 11.5 Å². The molecular weight excluding hydrogens is 358 g/mol. The molecule has 0 aromatic heterocycles. The van der Waals surface area contributed by atoms with Crippen LogP contribution < -0.4 is 9.47 Å². The molecule has 0 saturated carbocycles. The van der Waals surface area contributed by atoms with Gasteiger partial charge in [-0.25, -0.2) is 0 Å². The molecule has 0 radical (unpaired) electrons. The number of thioether (sulfide) groups is 1. The Balaban J connectivity index is 2.21. The molecule has 1 aliphatic heterocycles. The maximum atomic E-state index is 12.5. The second kappa shape index (κ2) is 8.75. The number of imide groups is 1. The van der Waals surface area contributed by atoms with Crippen LogP contribution in [0.25, 0.3) is 6.08 Å². The summed E-state index contributed by atoms with van der Waals surface area (Å²) in [6.07, 6.45) is 1.94. The average Bonchev–Trinajstić information content (AvgIpc) is 2.88. The van der Waals surface area contributed by atoms with Crippen LogP contribution >= 0.6 is 11.8 Å². The monoisotopic (exact) mass is 379 g/mol. The lowest BCUT2D eigenvalue weighted by Crippen LogP contribution is -2.35. The molecule has 0 bridgehead atoms. The molecule has 0 N–H and O–H groups in total. The molecule has 2 rings (SSSR count). The molecule has 0 spiro atoms. The number of carbonyl (C=O) groups excluding carboxylic acids is 3. The van der Waals surface area contributed by atoms with Crippen LogP contribution in [0.15, 0.2) is 23.1 Å². The Morgan fingerprint density at radius 3 is 2.62 bits per heavy atom. The van der Waals surface area contributed by atoms with Crippen molar-refractivity contribution in [1.29, 1.82) is 0 Å². The number of rotatable bonds is 7. The molecule has 0 unspecified atom stereocenters. The van der Waals surface area contributed by atoms with Gasteiger partial charge >= 0.3 is 5.97 Å². The first kappa shape index (κ1) is 19.8. The molecule has 2 amide bonds. The number of methoxy groups -OCH3 is 2. The fourth-order valence-electron chi connectivity index (χ4n) is 2.28. The highest BCUT2D eigenvalue weighted by atomic mass is 32.2. The number of para-hydroxylation sites is 1. The van der Waals surface area contributed by atoms with Crippen LogP contribution in [0.3, 0.4) is 0 Å². The summed E-state index contributed by atoms with van der Waals surface area (Å²) in [5.74, 6) is -0.177. The molecule has 1 heterocycles. The van der Waals surface area contributed by atoms with Crippen LogP contribution in [0.1, 0.15) is 25.8 Å². The van der Waals surface area contributed by atoms with E-state index in [1.165, 1.54) is 14.2 Å². The molecule has 26 heavy (non-hydrogen) atoms. The topological polar surface area (TPSA) is 82.1 Å². The van der Waals surface area contributed by atoms with Crippen molar-refractivity contribution < 1.29 is 28.6 Å². The smallest absolute Gasteiger partial charge is 0.326 e. The third-order valence-electron chi connectivity index (χ3n) is 3.79. The van der Waals surface area contributed by atoms with E-state index in [4.69, 9.17) is 14.2 Å². The SMILES string of the molecule is CC[C@@H](C)OC(=O)CN1C(=O)S/C(=C/c2cccc(OC)c2OC)C1=O. The van der Waals surface area contributed by atoms with Gasteiger partial charge in [0.05, 0.1) is 25.2 Å². The van der Waals surface area contributed by atoms with Crippen LogP contribution in [0, 0.1) is 0 Å². The van der Waals surface area contributed by atoms with E-state index >= 15 is 0 Å². The third-order valence-corrected chi connectivity index (χ3v) is 4.70. The summed E-state index contributed by atoms with van der Waals surface area (Å²) < 4.78 is 15.7. The Hall–Kier alpha value is -2.48. The zero-order valence-corrected chi connectivity index (χ0v) is 15.9. The van der Waals surface area contributed by atoms with Crippen molar-refractivity contribution in [3.05, 3.63) is 28.7 Å². The second-order valence-corrected chi connectivity index (χ2v) is 6.55. The number of nitrogens with zero attached hydrogens (tertiary/aromatic N) is 1. The van der Waals surface area contributed by atoms with Crippen LogP contribution in [-0.4, -0.2) is 48.9 Å². The summed E-state index contributed by atoms with van der Waals surface area (Å²) in [6.45, 7) is 3.23. The molecule has 0 aliphatic carbocycles.